The van der Waals surface area contributed by atoms with Gasteiger partial charge in [0.2, 0.25) is 0 Å². The van der Waals surface area contributed by atoms with Gasteiger partial charge in [0.15, 0.2) is 0 Å². The van der Waals surface area contributed by atoms with E-state index in [0.29, 0.717) is 11.3 Å². The molecular formula is C20H21F3N2O2S. The molecule has 0 aliphatic carbocycles. The number of hydrogen-bond donors (Lipinski definition) is 2. The molecule has 2 rings (SSSR count). The normalized spacial score (nSPS) is 12.4. The number of alkyl halides is 3. The molecule has 0 radical (unpaired) electrons. The van der Waals surface area contributed by atoms with Crippen LogP contribution in [0.1, 0.15) is 38.8 Å². The fourth-order valence-electron chi connectivity index (χ4n) is 2.72. The van der Waals surface area contributed by atoms with Crippen molar-refractivity contribution in [2.24, 2.45) is 0 Å². The number of nitrogens with one attached hydrogen (secondary N) is 2. The Morgan fingerprint density at radius 3 is 2.43 bits per heavy atom. The molecule has 150 valence electrons. The van der Waals surface area contributed by atoms with Crippen LogP contribution in [0.15, 0.2) is 42.5 Å². The molecule has 1 atom stereocenters. The molecule has 0 aliphatic heterocycles. The molecule has 2 aromatic rings. The molecule has 0 aromatic heterocycles. The third kappa shape index (κ3) is 5.51. The second-order valence-electron chi connectivity index (χ2n) is 6.36. The zero-order chi connectivity index (χ0) is 20.9. The molecule has 4 nitrogen and oxygen atoms in total. The van der Waals surface area contributed by atoms with E-state index in [-0.39, 0.29) is 22.9 Å². The summed E-state index contributed by atoms with van der Waals surface area (Å²) in [6.45, 7) is 3.56. The topological polar surface area (TPSA) is 58.2 Å². The van der Waals surface area contributed by atoms with Gasteiger partial charge in [-0.2, -0.15) is 24.9 Å². The van der Waals surface area contributed by atoms with Crippen molar-refractivity contribution in [2.75, 3.05) is 17.3 Å². The molecule has 8 heteroatoms. The van der Waals surface area contributed by atoms with Gasteiger partial charge in [-0.3, -0.25) is 9.59 Å². The molecule has 2 amide bonds. The minimum absolute atomic E-state index is 0.00319. The van der Waals surface area contributed by atoms with E-state index in [4.69, 9.17) is 0 Å². The molecule has 2 N–H and O–H groups in total. The second kappa shape index (κ2) is 9.14. The molecule has 0 fully saturated rings. The summed E-state index contributed by atoms with van der Waals surface area (Å²) in [7, 11) is 0. The average Bonchev–Trinajstić information content (AvgIpc) is 2.61. The Morgan fingerprint density at radius 1 is 1.11 bits per heavy atom. The van der Waals surface area contributed by atoms with Crippen LogP contribution in [0.5, 0.6) is 0 Å². The van der Waals surface area contributed by atoms with Crippen molar-refractivity contribution < 1.29 is 22.8 Å². The Kier molecular flexibility index (Phi) is 7.12. The van der Waals surface area contributed by atoms with E-state index in [1.54, 1.807) is 30.8 Å². The molecule has 0 heterocycles. The van der Waals surface area contributed by atoms with Gasteiger partial charge in [-0.25, -0.2) is 0 Å². The number of carbonyl (C=O) groups excluding carboxylic acids is 2. The number of hydrogen-bond acceptors (Lipinski definition) is 3. The Hall–Kier alpha value is -2.48. The van der Waals surface area contributed by atoms with Crippen molar-refractivity contribution in [3.63, 3.8) is 0 Å². The molecule has 0 saturated carbocycles. The Balaban J connectivity index is 2.29. The summed E-state index contributed by atoms with van der Waals surface area (Å²) < 4.78 is 38.6. The van der Waals surface area contributed by atoms with Crippen molar-refractivity contribution >= 4 is 29.3 Å². The molecule has 0 aliphatic rings. The average molecular weight is 410 g/mol. The SMILES string of the molecule is CSCC(C)NC(=O)c1c(C)cccc1C(=O)Nc1cccc(C(F)(F)F)c1. The maximum atomic E-state index is 12.9. The van der Waals surface area contributed by atoms with E-state index in [1.807, 2.05) is 13.2 Å². The summed E-state index contributed by atoms with van der Waals surface area (Å²) in [5, 5.41) is 5.29. The van der Waals surface area contributed by atoms with Gasteiger partial charge in [0.05, 0.1) is 16.7 Å². The minimum Gasteiger partial charge on any atom is -0.349 e. The van der Waals surface area contributed by atoms with Crippen LogP contribution < -0.4 is 10.6 Å². The van der Waals surface area contributed by atoms with E-state index >= 15 is 0 Å². The quantitative estimate of drug-likeness (QED) is 0.723. The highest BCUT2D eigenvalue weighted by Crippen LogP contribution is 2.30. The van der Waals surface area contributed by atoms with Gasteiger partial charge >= 0.3 is 6.18 Å². The van der Waals surface area contributed by atoms with Crippen LogP contribution in [-0.4, -0.2) is 29.9 Å². The number of aryl methyl sites for hydroxylation is 1. The van der Waals surface area contributed by atoms with Crippen LogP contribution >= 0.6 is 11.8 Å². The Bertz CT molecular complexity index is 869. The molecule has 0 bridgehead atoms. The highest BCUT2D eigenvalue weighted by molar-refractivity contribution is 7.98. The smallest absolute Gasteiger partial charge is 0.349 e. The number of amides is 2. The molecule has 1 unspecified atom stereocenters. The first-order chi connectivity index (χ1) is 13.1. The van der Waals surface area contributed by atoms with E-state index in [0.717, 1.165) is 12.1 Å². The Labute approximate surface area is 165 Å². The van der Waals surface area contributed by atoms with Gasteiger partial charge < -0.3 is 10.6 Å². The van der Waals surface area contributed by atoms with Crippen molar-refractivity contribution in [2.45, 2.75) is 26.1 Å². The number of benzene rings is 2. The van der Waals surface area contributed by atoms with Gasteiger partial charge in [0, 0.05) is 17.5 Å². The van der Waals surface area contributed by atoms with Crippen molar-refractivity contribution in [3.05, 3.63) is 64.7 Å². The van der Waals surface area contributed by atoms with E-state index < -0.39 is 23.6 Å². The van der Waals surface area contributed by atoms with E-state index in [9.17, 15) is 22.8 Å². The summed E-state index contributed by atoms with van der Waals surface area (Å²) in [4.78, 5) is 25.4. The van der Waals surface area contributed by atoms with Crippen LogP contribution in [0.4, 0.5) is 18.9 Å². The first kappa shape index (κ1) is 21.8. The van der Waals surface area contributed by atoms with Crippen molar-refractivity contribution in [1.29, 1.82) is 0 Å². The predicted molar refractivity (Wildman–Crippen MR) is 106 cm³/mol. The molecular weight excluding hydrogens is 389 g/mol. The van der Waals surface area contributed by atoms with E-state index in [1.165, 1.54) is 18.2 Å². The fraction of sp³-hybridized carbons (Fsp3) is 0.300. The number of thioether (sulfide) groups is 1. The van der Waals surface area contributed by atoms with Gasteiger partial charge in [-0.1, -0.05) is 18.2 Å². The summed E-state index contributed by atoms with van der Waals surface area (Å²) in [5.41, 5.74) is 0.0542. The zero-order valence-electron chi connectivity index (χ0n) is 15.7. The van der Waals surface area contributed by atoms with Crippen molar-refractivity contribution in [1.82, 2.24) is 5.32 Å². The van der Waals surface area contributed by atoms with Crippen LogP contribution in [0.3, 0.4) is 0 Å². The van der Waals surface area contributed by atoms with Gasteiger partial charge in [0.1, 0.15) is 0 Å². The third-order valence-electron chi connectivity index (χ3n) is 3.99. The lowest BCUT2D eigenvalue weighted by atomic mass is 10.00. The first-order valence-corrected chi connectivity index (χ1v) is 9.91. The highest BCUT2D eigenvalue weighted by Gasteiger charge is 2.30. The summed E-state index contributed by atoms with van der Waals surface area (Å²) >= 11 is 1.58. The maximum Gasteiger partial charge on any atom is 0.416 e. The molecule has 0 saturated heterocycles. The number of carbonyl (C=O) groups is 2. The lowest BCUT2D eigenvalue weighted by molar-refractivity contribution is -0.137. The first-order valence-electron chi connectivity index (χ1n) is 8.51. The van der Waals surface area contributed by atoms with Gasteiger partial charge in [-0.05, 0) is 49.9 Å². The standard InChI is InChI=1S/C20H21F3N2O2S/c1-12-6-4-9-16(17(12)19(27)24-13(2)11-28-3)18(26)25-15-8-5-7-14(10-15)20(21,22)23/h4-10,13H,11H2,1-3H3,(H,24,27)(H,25,26). The predicted octanol–water partition coefficient (Wildman–Crippen LogP) is 4.75. The molecule has 2 aromatic carbocycles. The van der Waals surface area contributed by atoms with E-state index in [2.05, 4.69) is 10.6 Å². The third-order valence-corrected chi connectivity index (χ3v) is 4.82. The molecule has 28 heavy (non-hydrogen) atoms. The summed E-state index contributed by atoms with van der Waals surface area (Å²) in [6.07, 6.45) is -2.59. The highest BCUT2D eigenvalue weighted by atomic mass is 32.2. The number of rotatable bonds is 6. The van der Waals surface area contributed by atoms with Crippen molar-refractivity contribution in [3.8, 4) is 0 Å². The fourth-order valence-corrected chi connectivity index (χ4v) is 3.30. The van der Waals surface area contributed by atoms with Crippen LogP contribution in [0.2, 0.25) is 0 Å². The van der Waals surface area contributed by atoms with Crippen LogP contribution in [0.25, 0.3) is 0 Å². The minimum atomic E-state index is -4.51. The summed E-state index contributed by atoms with van der Waals surface area (Å²) in [6, 6.07) is 9.07. The van der Waals surface area contributed by atoms with Gasteiger partial charge in [0.25, 0.3) is 11.8 Å². The Morgan fingerprint density at radius 2 is 1.79 bits per heavy atom. The van der Waals surface area contributed by atoms with Crippen LogP contribution in [0, 0.1) is 6.92 Å². The van der Waals surface area contributed by atoms with Crippen LogP contribution in [-0.2, 0) is 6.18 Å². The largest absolute Gasteiger partial charge is 0.416 e. The lowest BCUT2D eigenvalue weighted by Crippen LogP contribution is -2.36. The zero-order valence-corrected chi connectivity index (χ0v) is 16.5. The second-order valence-corrected chi connectivity index (χ2v) is 7.27. The van der Waals surface area contributed by atoms with Gasteiger partial charge in [-0.15, -0.1) is 0 Å². The lowest BCUT2D eigenvalue weighted by Gasteiger charge is -2.17. The monoisotopic (exact) mass is 410 g/mol. The summed E-state index contributed by atoms with van der Waals surface area (Å²) in [5.74, 6) is -0.330. The number of anilines is 1. The molecule has 0 spiro atoms. The maximum absolute atomic E-state index is 12.9. The number of halogens is 3.